The van der Waals surface area contributed by atoms with Crippen molar-refractivity contribution < 1.29 is 14.5 Å². The number of aromatic nitrogens is 1. The Labute approximate surface area is 174 Å². The van der Waals surface area contributed by atoms with Crippen molar-refractivity contribution in [2.24, 2.45) is 0 Å². The Hall–Kier alpha value is -2.57. The number of likely N-dealkylation sites (tertiary alicyclic amines) is 1. The molecule has 2 fully saturated rings. The summed E-state index contributed by atoms with van der Waals surface area (Å²) in [5.41, 5.74) is 2.83. The maximum atomic E-state index is 13.1. The molecule has 5 rings (SSSR count). The van der Waals surface area contributed by atoms with E-state index in [1.807, 2.05) is 37.3 Å². The number of hydrogen-bond donors (Lipinski definition) is 1. The number of hydrogen-bond acceptors (Lipinski definition) is 4. The summed E-state index contributed by atoms with van der Waals surface area (Å²) in [5.74, 6) is 0.330. The molecule has 3 aromatic rings. The van der Waals surface area contributed by atoms with Crippen LogP contribution in [0.4, 0.5) is 5.69 Å². The molecule has 2 saturated heterocycles. The van der Waals surface area contributed by atoms with E-state index in [4.69, 9.17) is 4.98 Å². The lowest BCUT2D eigenvalue weighted by Gasteiger charge is -2.31. The zero-order valence-electron chi connectivity index (χ0n) is 16.4. The number of quaternary nitrogens is 1. The second-order valence-electron chi connectivity index (χ2n) is 8.12. The van der Waals surface area contributed by atoms with Crippen LogP contribution < -0.4 is 9.80 Å². The Bertz CT molecular complexity index is 1050. The van der Waals surface area contributed by atoms with E-state index in [2.05, 4.69) is 18.2 Å². The molecule has 2 aromatic carbocycles. The molecule has 1 atom stereocenters. The molecule has 0 bridgehead atoms. The van der Waals surface area contributed by atoms with Gasteiger partial charge in [0, 0.05) is 18.8 Å². The fourth-order valence-corrected chi connectivity index (χ4v) is 5.77. The van der Waals surface area contributed by atoms with Gasteiger partial charge in [0.2, 0.25) is 5.91 Å². The molecular weight excluding hydrogens is 382 g/mol. The molecule has 0 unspecified atom stereocenters. The van der Waals surface area contributed by atoms with Gasteiger partial charge in [0.05, 0.1) is 40.4 Å². The van der Waals surface area contributed by atoms with Crippen molar-refractivity contribution in [2.75, 3.05) is 18.0 Å². The molecule has 0 spiro atoms. The number of piperidine rings is 1. The monoisotopic (exact) mass is 406 g/mol. The van der Waals surface area contributed by atoms with Gasteiger partial charge >= 0.3 is 0 Å². The second-order valence-corrected chi connectivity index (χ2v) is 9.18. The SMILES string of the molecule is Cc1cccc(N2C(=O)C[C@@H]([NH+]3CCC(c4nc5ccccc5s4)CC3)C2=O)c1. The largest absolute Gasteiger partial charge is 0.324 e. The zero-order valence-corrected chi connectivity index (χ0v) is 17.2. The molecule has 0 radical (unpaired) electrons. The fourth-order valence-electron chi connectivity index (χ4n) is 4.64. The first-order valence-electron chi connectivity index (χ1n) is 10.2. The number of amides is 2. The van der Waals surface area contributed by atoms with Crippen LogP contribution in [0.25, 0.3) is 10.2 Å². The predicted octanol–water partition coefficient (Wildman–Crippen LogP) is 2.70. The van der Waals surface area contributed by atoms with Gasteiger partial charge in [-0.25, -0.2) is 9.88 Å². The molecule has 29 heavy (non-hydrogen) atoms. The van der Waals surface area contributed by atoms with Gasteiger partial charge in [-0.15, -0.1) is 11.3 Å². The Kier molecular flexibility index (Phi) is 4.68. The highest BCUT2D eigenvalue weighted by Crippen LogP contribution is 2.32. The summed E-state index contributed by atoms with van der Waals surface area (Å²) in [6.07, 6.45) is 2.34. The first-order chi connectivity index (χ1) is 14.1. The number of nitrogens with zero attached hydrogens (tertiary/aromatic N) is 2. The second kappa shape index (κ2) is 7.35. The molecule has 5 nitrogen and oxygen atoms in total. The lowest BCUT2D eigenvalue weighted by Crippen LogP contribution is -3.17. The van der Waals surface area contributed by atoms with Crippen molar-refractivity contribution in [3.05, 3.63) is 59.1 Å². The molecule has 6 heteroatoms. The molecule has 0 saturated carbocycles. The van der Waals surface area contributed by atoms with Gasteiger partial charge in [-0.1, -0.05) is 24.3 Å². The normalized spacial score (nSPS) is 25.1. The van der Waals surface area contributed by atoms with Gasteiger partial charge in [-0.05, 0) is 36.8 Å². The van der Waals surface area contributed by atoms with Crippen LogP contribution in [0.2, 0.25) is 0 Å². The highest BCUT2D eigenvalue weighted by molar-refractivity contribution is 7.18. The minimum absolute atomic E-state index is 0.0472. The lowest BCUT2D eigenvalue weighted by molar-refractivity contribution is -0.920. The highest BCUT2D eigenvalue weighted by Gasteiger charge is 2.46. The Balaban J connectivity index is 1.28. The number of thiazole rings is 1. The van der Waals surface area contributed by atoms with Crippen molar-refractivity contribution >= 4 is 39.1 Å². The van der Waals surface area contributed by atoms with Gasteiger partial charge < -0.3 is 4.90 Å². The third kappa shape index (κ3) is 3.36. The molecule has 2 aliphatic rings. The number of aryl methyl sites for hydroxylation is 1. The van der Waals surface area contributed by atoms with E-state index in [0.29, 0.717) is 18.0 Å². The van der Waals surface area contributed by atoms with Crippen molar-refractivity contribution in [3.8, 4) is 0 Å². The standard InChI is InChI=1S/C23H23N3O2S/c1-15-5-4-6-17(13-15)26-21(27)14-19(23(26)28)25-11-9-16(10-12-25)22-24-18-7-2-3-8-20(18)29-22/h2-8,13,16,19H,9-12,14H2,1H3/p+1/t19-/m1/s1. The van der Waals surface area contributed by atoms with E-state index in [-0.39, 0.29) is 17.9 Å². The molecule has 3 heterocycles. The van der Waals surface area contributed by atoms with Gasteiger partial charge in [-0.3, -0.25) is 9.59 Å². The van der Waals surface area contributed by atoms with E-state index in [1.165, 1.54) is 19.5 Å². The zero-order chi connectivity index (χ0) is 20.0. The summed E-state index contributed by atoms with van der Waals surface area (Å²) >= 11 is 1.79. The van der Waals surface area contributed by atoms with Crippen LogP contribution in [0.1, 0.15) is 35.8 Å². The summed E-state index contributed by atoms with van der Waals surface area (Å²) in [4.78, 5) is 33.2. The third-order valence-corrected chi connectivity index (χ3v) is 7.39. The number of nitrogens with one attached hydrogen (secondary N) is 1. The first kappa shape index (κ1) is 18.5. The van der Waals surface area contributed by atoms with Crippen molar-refractivity contribution in [3.63, 3.8) is 0 Å². The molecule has 1 N–H and O–H groups in total. The predicted molar refractivity (Wildman–Crippen MR) is 114 cm³/mol. The number of rotatable bonds is 3. The fraction of sp³-hybridized carbons (Fsp3) is 0.348. The van der Waals surface area contributed by atoms with Crippen molar-refractivity contribution in [1.82, 2.24) is 4.98 Å². The summed E-state index contributed by atoms with van der Waals surface area (Å²) in [6, 6.07) is 15.7. The highest BCUT2D eigenvalue weighted by atomic mass is 32.1. The molecule has 1 aromatic heterocycles. The summed E-state index contributed by atoms with van der Waals surface area (Å²) in [5, 5.41) is 1.21. The Morgan fingerprint density at radius 1 is 1.07 bits per heavy atom. The molecule has 0 aliphatic carbocycles. The topological polar surface area (TPSA) is 54.7 Å². The molecular formula is C23H24N3O2S+. The Morgan fingerprint density at radius 2 is 1.86 bits per heavy atom. The molecule has 2 aliphatic heterocycles. The smallest absolute Gasteiger partial charge is 0.292 e. The van der Waals surface area contributed by atoms with Crippen LogP contribution >= 0.6 is 11.3 Å². The maximum absolute atomic E-state index is 13.1. The number of imide groups is 1. The minimum atomic E-state index is -0.251. The van der Waals surface area contributed by atoms with Gasteiger partial charge in [0.25, 0.3) is 5.91 Å². The van der Waals surface area contributed by atoms with Crippen molar-refractivity contribution in [1.29, 1.82) is 0 Å². The van der Waals surface area contributed by atoms with Crippen LogP contribution in [0.5, 0.6) is 0 Å². The van der Waals surface area contributed by atoms with Gasteiger partial charge in [0.15, 0.2) is 6.04 Å². The third-order valence-electron chi connectivity index (χ3n) is 6.19. The number of para-hydroxylation sites is 1. The van der Waals surface area contributed by atoms with Gasteiger partial charge in [0.1, 0.15) is 0 Å². The maximum Gasteiger partial charge on any atom is 0.292 e. The number of anilines is 1. The van der Waals surface area contributed by atoms with E-state index in [9.17, 15) is 9.59 Å². The van der Waals surface area contributed by atoms with Crippen LogP contribution in [0.15, 0.2) is 48.5 Å². The number of carbonyl (C=O) groups excluding carboxylic acids is 2. The van der Waals surface area contributed by atoms with Crippen LogP contribution in [-0.2, 0) is 9.59 Å². The van der Waals surface area contributed by atoms with Crippen LogP contribution in [0, 0.1) is 6.92 Å². The van der Waals surface area contributed by atoms with Crippen molar-refractivity contribution in [2.45, 2.75) is 38.1 Å². The van der Waals surface area contributed by atoms with E-state index in [0.717, 1.165) is 37.0 Å². The summed E-state index contributed by atoms with van der Waals surface area (Å²) in [6.45, 7) is 3.79. The van der Waals surface area contributed by atoms with E-state index < -0.39 is 0 Å². The van der Waals surface area contributed by atoms with E-state index in [1.54, 1.807) is 11.3 Å². The first-order valence-corrected chi connectivity index (χ1v) is 11.1. The number of carbonyl (C=O) groups is 2. The number of fused-ring (bicyclic) bond motifs is 1. The summed E-state index contributed by atoms with van der Waals surface area (Å²) < 4.78 is 1.24. The molecule has 2 amide bonds. The minimum Gasteiger partial charge on any atom is -0.324 e. The average Bonchev–Trinajstić information content (AvgIpc) is 3.29. The summed E-state index contributed by atoms with van der Waals surface area (Å²) in [7, 11) is 0. The van der Waals surface area contributed by atoms with Gasteiger partial charge in [-0.2, -0.15) is 0 Å². The Morgan fingerprint density at radius 3 is 2.62 bits per heavy atom. The van der Waals surface area contributed by atoms with Crippen LogP contribution in [0.3, 0.4) is 0 Å². The van der Waals surface area contributed by atoms with E-state index >= 15 is 0 Å². The van der Waals surface area contributed by atoms with Crippen LogP contribution in [-0.4, -0.2) is 35.9 Å². The molecule has 148 valence electrons. The number of benzene rings is 2. The quantitative estimate of drug-likeness (QED) is 0.681. The lowest BCUT2D eigenvalue weighted by atomic mass is 9.96. The average molecular weight is 407 g/mol.